The number of aryl methyl sites for hydroxylation is 1. The van der Waals surface area contributed by atoms with Crippen LogP contribution in [0.3, 0.4) is 0 Å². The minimum atomic E-state index is -1.00. The van der Waals surface area contributed by atoms with Gasteiger partial charge in [-0.2, -0.15) is 0 Å². The van der Waals surface area contributed by atoms with Gasteiger partial charge in [-0.1, -0.05) is 42.0 Å². The Labute approximate surface area is 119 Å². The Bertz CT molecular complexity index is 476. The van der Waals surface area contributed by atoms with E-state index in [-0.39, 0.29) is 5.91 Å². The lowest BCUT2D eigenvalue weighted by atomic mass is 10.1. The molecule has 4 nitrogen and oxygen atoms in total. The summed E-state index contributed by atoms with van der Waals surface area (Å²) >= 11 is 0. The molecule has 0 saturated heterocycles. The monoisotopic (exact) mass is 275 g/mol. The van der Waals surface area contributed by atoms with Crippen LogP contribution in [0.4, 0.5) is 0 Å². The van der Waals surface area contributed by atoms with Crippen LogP contribution >= 0.6 is 0 Å². The average Bonchev–Trinajstić information content (AvgIpc) is 2.41. The van der Waals surface area contributed by atoms with Gasteiger partial charge in [0.25, 0.3) is 0 Å². The normalized spacial score (nSPS) is 11.5. The molecule has 108 valence electrons. The summed E-state index contributed by atoms with van der Waals surface area (Å²) in [7, 11) is 0. The Kier molecular flexibility index (Phi) is 6.50. The zero-order chi connectivity index (χ0) is 15.0. The van der Waals surface area contributed by atoms with E-state index >= 15 is 0 Å². The number of carbonyl (C=O) groups excluding carboxylic acids is 1. The van der Waals surface area contributed by atoms with E-state index in [0.717, 1.165) is 11.1 Å². The quantitative estimate of drug-likeness (QED) is 0.751. The van der Waals surface area contributed by atoms with Crippen LogP contribution in [0.25, 0.3) is 0 Å². The van der Waals surface area contributed by atoms with Crippen LogP contribution in [0.2, 0.25) is 0 Å². The third-order valence-electron chi connectivity index (χ3n) is 2.88. The molecule has 0 fully saturated rings. The number of carboxylic acid groups (broad SMARTS) is 1. The molecule has 0 aromatic heterocycles. The van der Waals surface area contributed by atoms with Crippen molar-refractivity contribution in [2.24, 2.45) is 0 Å². The Hall–Kier alpha value is -2.10. The number of hydrogen-bond acceptors (Lipinski definition) is 2. The number of amides is 1. The number of benzene rings is 1. The van der Waals surface area contributed by atoms with E-state index in [1.54, 1.807) is 0 Å². The lowest BCUT2D eigenvalue weighted by molar-refractivity contribution is -0.141. The van der Waals surface area contributed by atoms with Gasteiger partial charge in [0.15, 0.2) is 0 Å². The van der Waals surface area contributed by atoms with Crippen LogP contribution in [0, 0.1) is 0 Å². The third-order valence-corrected chi connectivity index (χ3v) is 2.88. The van der Waals surface area contributed by atoms with Crippen LogP contribution in [0.15, 0.2) is 42.0 Å². The first-order valence-electron chi connectivity index (χ1n) is 6.68. The molecule has 20 heavy (non-hydrogen) atoms. The fraction of sp³-hybridized carbons (Fsp3) is 0.375. The van der Waals surface area contributed by atoms with Crippen molar-refractivity contribution in [1.82, 2.24) is 5.32 Å². The van der Waals surface area contributed by atoms with E-state index in [1.807, 2.05) is 50.3 Å². The number of carboxylic acids is 1. The molecular weight excluding hydrogens is 254 g/mol. The minimum absolute atomic E-state index is 0.233. The summed E-state index contributed by atoms with van der Waals surface area (Å²) in [5.74, 6) is -1.24. The predicted octanol–water partition coefficient (Wildman–Crippen LogP) is 2.54. The molecule has 1 aromatic rings. The van der Waals surface area contributed by atoms with Gasteiger partial charge in [0.2, 0.25) is 5.91 Å². The Morgan fingerprint density at radius 3 is 2.45 bits per heavy atom. The summed E-state index contributed by atoms with van der Waals surface area (Å²) in [6.07, 6.45) is 3.04. The van der Waals surface area contributed by atoms with Crippen molar-refractivity contribution in [3.05, 3.63) is 47.5 Å². The zero-order valence-corrected chi connectivity index (χ0v) is 11.9. The van der Waals surface area contributed by atoms with Crippen LogP contribution < -0.4 is 5.32 Å². The molecule has 1 amide bonds. The summed E-state index contributed by atoms with van der Waals surface area (Å²) in [5, 5.41) is 11.6. The molecule has 2 N–H and O–H groups in total. The lowest BCUT2D eigenvalue weighted by Crippen LogP contribution is -2.40. The molecule has 0 aliphatic heterocycles. The fourth-order valence-electron chi connectivity index (χ4n) is 1.74. The van der Waals surface area contributed by atoms with Gasteiger partial charge in [-0.25, -0.2) is 4.79 Å². The van der Waals surface area contributed by atoms with Gasteiger partial charge in [0.05, 0.1) is 0 Å². The second-order valence-corrected chi connectivity index (χ2v) is 4.96. The van der Waals surface area contributed by atoms with Crippen molar-refractivity contribution in [2.45, 2.75) is 39.2 Å². The SMILES string of the molecule is CC(C)=CC[C@@H](NC(=O)CCc1ccccc1)C(=O)O. The van der Waals surface area contributed by atoms with Crippen molar-refractivity contribution in [1.29, 1.82) is 0 Å². The lowest BCUT2D eigenvalue weighted by Gasteiger charge is -2.13. The molecule has 0 spiro atoms. The highest BCUT2D eigenvalue weighted by molar-refractivity contribution is 5.83. The third kappa shape index (κ3) is 6.18. The standard InChI is InChI=1S/C16H21NO3/c1-12(2)8-10-14(16(19)20)17-15(18)11-9-13-6-4-3-5-7-13/h3-8,14H,9-11H2,1-2H3,(H,17,18)(H,19,20)/t14-/m1/s1. The molecule has 0 heterocycles. The second-order valence-electron chi connectivity index (χ2n) is 4.96. The first-order valence-corrected chi connectivity index (χ1v) is 6.68. The van der Waals surface area contributed by atoms with Gasteiger partial charge in [-0.05, 0) is 32.3 Å². The zero-order valence-electron chi connectivity index (χ0n) is 11.9. The highest BCUT2D eigenvalue weighted by Gasteiger charge is 2.18. The highest BCUT2D eigenvalue weighted by atomic mass is 16.4. The van der Waals surface area contributed by atoms with Gasteiger partial charge in [0.1, 0.15) is 6.04 Å². The molecule has 0 radical (unpaired) electrons. The van der Waals surface area contributed by atoms with Crippen LogP contribution in [0.5, 0.6) is 0 Å². The molecule has 0 aliphatic rings. The van der Waals surface area contributed by atoms with Crippen molar-refractivity contribution in [2.75, 3.05) is 0 Å². The van der Waals surface area contributed by atoms with Gasteiger partial charge in [-0.3, -0.25) is 4.79 Å². The van der Waals surface area contributed by atoms with Gasteiger partial charge >= 0.3 is 5.97 Å². The first-order chi connectivity index (χ1) is 9.49. The number of carbonyl (C=O) groups is 2. The van der Waals surface area contributed by atoms with Crippen LogP contribution in [-0.2, 0) is 16.0 Å². The number of allylic oxidation sites excluding steroid dienone is 1. The minimum Gasteiger partial charge on any atom is -0.480 e. The smallest absolute Gasteiger partial charge is 0.326 e. The first kappa shape index (κ1) is 16.0. The van der Waals surface area contributed by atoms with E-state index in [9.17, 15) is 9.59 Å². The van der Waals surface area contributed by atoms with E-state index in [0.29, 0.717) is 19.3 Å². The Balaban J connectivity index is 2.46. The number of hydrogen-bond donors (Lipinski definition) is 2. The molecule has 0 bridgehead atoms. The maximum absolute atomic E-state index is 11.8. The number of nitrogens with one attached hydrogen (secondary N) is 1. The van der Waals surface area contributed by atoms with Crippen molar-refractivity contribution >= 4 is 11.9 Å². The molecule has 0 unspecified atom stereocenters. The largest absolute Gasteiger partial charge is 0.480 e. The maximum Gasteiger partial charge on any atom is 0.326 e. The van der Waals surface area contributed by atoms with Crippen molar-refractivity contribution < 1.29 is 14.7 Å². The highest BCUT2D eigenvalue weighted by Crippen LogP contribution is 2.04. The van der Waals surface area contributed by atoms with Crippen molar-refractivity contribution in [3.8, 4) is 0 Å². The van der Waals surface area contributed by atoms with E-state index in [2.05, 4.69) is 5.32 Å². The average molecular weight is 275 g/mol. The van der Waals surface area contributed by atoms with Gasteiger partial charge in [0, 0.05) is 6.42 Å². The summed E-state index contributed by atoms with van der Waals surface area (Å²) in [6, 6.07) is 8.80. The van der Waals surface area contributed by atoms with E-state index < -0.39 is 12.0 Å². The van der Waals surface area contributed by atoms with Gasteiger partial charge < -0.3 is 10.4 Å². The molecule has 1 aromatic carbocycles. The Morgan fingerprint density at radius 2 is 1.90 bits per heavy atom. The molecule has 0 saturated carbocycles. The van der Waals surface area contributed by atoms with Gasteiger partial charge in [-0.15, -0.1) is 0 Å². The predicted molar refractivity (Wildman–Crippen MR) is 78.4 cm³/mol. The molecular formula is C16H21NO3. The number of rotatable bonds is 7. The van der Waals surface area contributed by atoms with E-state index in [4.69, 9.17) is 5.11 Å². The maximum atomic E-state index is 11.8. The molecule has 1 rings (SSSR count). The molecule has 0 aliphatic carbocycles. The van der Waals surface area contributed by atoms with Crippen molar-refractivity contribution in [3.63, 3.8) is 0 Å². The molecule has 4 heteroatoms. The topological polar surface area (TPSA) is 66.4 Å². The van der Waals surface area contributed by atoms with E-state index in [1.165, 1.54) is 0 Å². The number of aliphatic carboxylic acids is 1. The van der Waals surface area contributed by atoms with Crippen LogP contribution in [0.1, 0.15) is 32.3 Å². The summed E-state index contributed by atoms with van der Waals surface area (Å²) in [4.78, 5) is 22.9. The second kappa shape index (κ2) is 8.15. The summed E-state index contributed by atoms with van der Waals surface area (Å²) in [5.41, 5.74) is 2.11. The summed E-state index contributed by atoms with van der Waals surface area (Å²) < 4.78 is 0. The summed E-state index contributed by atoms with van der Waals surface area (Å²) in [6.45, 7) is 3.80. The molecule has 1 atom stereocenters. The van der Waals surface area contributed by atoms with Crippen LogP contribution in [-0.4, -0.2) is 23.0 Å². The Morgan fingerprint density at radius 1 is 1.25 bits per heavy atom. The fourth-order valence-corrected chi connectivity index (χ4v) is 1.74.